The van der Waals surface area contributed by atoms with Crippen molar-refractivity contribution >= 4 is 11.4 Å². The van der Waals surface area contributed by atoms with Gasteiger partial charge >= 0.3 is 0 Å². The maximum Gasteiger partial charge on any atom is 0.162 e. The molecule has 5 nitrogen and oxygen atoms in total. The van der Waals surface area contributed by atoms with Gasteiger partial charge in [0.1, 0.15) is 6.10 Å². The van der Waals surface area contributed by atoms with Crippen LogP contribution in [0.3, 0.4) is 0 Å². The highest BCUT2D eigenvalue weighted by molar-refractivity contribution is 5.99. The number of aryl methyl sites for hydroxylation is 1. The predicted octanol–water partition coefficient (Wildman–Crippen LogP) is 5.80. The Morgan fingerprint density at radius 2 is 1.42 bits per heavy atom. The zero-order valence-electron chi connectivity index (χ0n) is 19.4. The average molecular weight is 445 g/mol. The van der Waals surface area contributed by atoms with E-state index in [0.29, 0.717) is 23.0 Å². The lowest BCUT2D eigenvalue weighted by Crippen LogP contribution is -2.05. The van der Waals surface area contributed by atoms with E-state index in [0.717, 1.165) is 29.5 Å². The first kappa shape index (κ1) is 22.5. The zero-order valence-corrected chi connectivity index (χ0v) is 19.4. The largest absolute Gasteiger partial charge is 0.493 e. The molecule has 1 atom stereocenters. The molecule has 0 saturated heterocycles. The molecule has 0 amide bonds. The summed E-state index contributed by atoms with van der Waals surface area (Å²) >= 11 is 0. The summed E-state index contributed by atoms with van der Waals surface area (Å²) in [5.74, 6) is 2.46. The summed E-state index contributed by atoms with van der Waals surface area (Å²) in [5, 5.41) is 0. The van der Waals surface area contributed by atoms with Crippen molar-refractivity contribution in [2.24, 2.45) is 0 Å². The third-order valence-corrected chi connectivity index (χ3v) is 5.86. The maximum atomic E-state index is 12.1. The Balaban J connectivity index is 1.74. The van der Waals surface area contributed by atoms with Crippen molar-refractivity contribution in [3.05, 3.63) is 89.0 Å². The van der Waals surface area contributed by atoms with E-state index in [2.05, 4.69) is 18.2 Å². The standard InChI is InChI=1S/C28H28O5/c1-18(29)15-23(20-10-13-25(30-2)27(16-20)32-4)21-11-14-26(31-3)28(17-21)33-24-12-9-19-7-5-6-8-22(19)24/h5-8,10-11,13-17,24H,9,12H2,1-4H3. The van der Waals surface area contributed by atoms with Crippen LogP contribution < -0.4 is 18.9 Å². The lowest BCUT2D eigenvalue weighted by Gasteiger charge is -2.19. The number of rotatable bonds is 8. The Bertz CT molecular complexity index is 1190. The minimum Gasteiger partial charge on any atom is -0.493 e. The molecule has 3 aromatic carbocycles. The second-order valence-electron chi connectivity index (χ2n) is 7.95. The van der Waals surface area contributed by atoms with Gasteiger partial charge in [-0.1, -0.05) is 36.4 Å². The van der Waals surface area contributed by atoms with Gasteiger partial charge in [0.15, 0.2) is 28.8 Å². The first-order valence-electron chi connectivity index (χ1n) is 10.9. The summed E-state index contributed by atoms with van der Waals surface area (Å²) in [5.41, 5.74) is 4.98. The summed E-state index contributed by atoms with van der Waals surface area (Å²) in [6, 6.07) is 19.7. The summed E-state index contributed by atoms with van der Waals surface area (Å²) in [6.07, 6.45) is 3.49. The highest BCUT2D eigenvalue weighted by Gasteiger charge is 2.25. The Kier molecular flexibility index (Phi) is 6.68. The van der Waals surface area contributed by atoms with Crippen LogP contribution in [0.1, 0.15) is 41.7 Å². The quantitative estimate of drug-likeness (QED) is 0.411. The van der Waals surface area contributed by atoms with Gasteiger partial charge in [0.2, 0.25) is 0 Å². The van der Waals surface area contributed by atoms with Gasteiger partial charge in [0, 0.05) is 0 Å². The number of allylic oxidation sites excluding steroid dienone is 1. The minimum absolute atomic E-state index is 0.0355. The molecule has 1 aliphatic carbocycles. The first-order chi connectivity index (χ1) is 16.0. The van der Waals surface area contributed by atoms with Crippen LogP contribution in [0.2, 0.25) is 0 Å². The molecule has 0 heterocycles. The molecule has 1 aliphatic rings. The highest BCUT2D eigenvalue weighted by Crippen LogP contribution is 2.40. The molecule has 0 fully saturated rings. The van der Waals surface area contributed by atoms with Crippen LogP contribution in [0.25, 0.3) is 5.57 Å². The Labute approximate surface area is 194 Å². The summed E-state index contributed by atoms with van der Waals surface area (Å²) < 4.78 is 22.9. The Morgan fingerprint density at radius 1 is 0.818 bits per heavy atom. The smallest absolute Gasteiger partial charge is 0.162 e. The van der Waals surface area contributed by atoms with E-state index in [1.165, 1.54) is 18.1 Å². The van der Waals surface area contributed by atoms with Crippen LogP contribution in [0, 0.1) is 0 Å². The molecule has 0 radical (unpaired) electrons. The fourth-order valence-corrected chi connectivity index (χ4v) is 4.27. The third kappa shape index (κ3) is 4.72. The van der Waals surface area contributed by atoms with Crippen LogP contribution in [0.15, 0.2) is 66.7 Å². The predicted molar refractivity (Wildman–Crippen MR) is 128 cm³/mol. The zero-order chi connectivity index (χ0) is 23.4. The molecule has 0 aliphatic heterocycles. The summed E-state index contributed by atoms with van der Waals surface area (Å²) in [6.45, 7) is 1.54. The number of hydrogen-bond acceptors (Lipinski definition) is 5. The van der Waals surface area contributed by atoms with Crippen molar-refractivity contribution in [2.75, 3.05) is 21.3 Å². The number of ether oxygens (including phenoxy) is 4. The number of benzene rings is 3. The molecule has 1 unspecified atom stereocenters. The fraction of sp³-hybridized carbons (Fsp3) is 0.250. The molecule has 0 saturated carbocycles. The first-order valence-corrected chi connectivity index (χ1v) is 10.9. The molecule has 0 aromatic heterocycles. The van der Waals surface area contributed by atoms with Crippen LogP contribution >= 0.6 is 0 Å². The van der Waals surface area contributed by atoms with Crippen molar-refractivity contribution in [3.8, 4) is 23.0 Å². The van der Waals surface area contributed by atoms with Gasteiger partial charge in [-0.25, -0.2) is 0 Å². The van der Waals surface area contributed by atoms with Gasteiger partial charge in [-0.3, -0.25) is 4.79 Å². The average Bonchev–Trinajstić information content (AvgIpc) is 3.24. The minimum atomic E-state index is -0.0530. The Hall–Kier alpha value is -3.73. The van der Waals surface area contributed by atoms with Gasteiger partial charge in [-0.05, 0) is 77.9 Å². The monoisotopic (exact) mass is 444 g/mol. The summed E-state index contributed by atoms with van der Waals surface area (Å²) in [4.78, 5) is 12.1. The number of carbonyl (C=O) groups is 1. The normalized spacial score (nSPS) is 15.0. The van der Waals surface area contributed by atoms with E-state index in [1.54, 1.807) is 27.4 Å². The van der Waals surface area contributed by atoms with Gasteiger partial charge in [-0.15, -0.1) is 0 Å². The van der Waals surface area contributed by atoms with Crippen LogP contribution in [0.5, 0.6) is 23.0 Å². The molecule has 5 heteroatoms. The molecule has 4 rings (SSSR count). The van der Waals surface area contributed by atoms with E-state index >= 15 is 0 Å². The molecular weight excluding hydrogens is 416 g/mol. The van der Waals surface area contributed by atoms with E-state index < -0.39 is 0 Å². The van der Waals surface area contributed by atoms with Crippen molar-refractivity contribution in [3.63, 3.8) is 0 Å². The highest BCUT2D eigenvalue weighted by atomic mass is 16.5. The second-order valence-corrected chi connectivity index (χ2v) is 7.95. The Morgan fingerprint density at radius 3 is 2.06 bits per heavy atom. The van der Waals surface area contributed by atoms with Gasteiger partial charge in [0.05, 0.1) is 21.3 Å². The van der Waals surface area contributed by atoms with Crippen LogP contribution in [-0.2, 0) is 11.2 Å². The number of hydrogen-bond donors (Lipinski definition) is 0. The number of methoxy groups -OCH3 is 3. The van der Waals surface area contributed by atoms with Gasteiger partial charge in [-0.2, -0.15) is 0 Å². The van der Waals surface area contributed by atoms with E-state index in [-0.39, 0.29) is 11.9 Å². The molecule has 3 aromatic rings. The van der Waals surface area contributed by atoms with E-state index in [4.69, 9.17) is 18.9 Å². The van der Waals surface area contributed by atoms with Crippen molar-refractivity contribution in [2.45, 2.75) is 25.9 Å². The SMILES string of the molecule is COc1ccc(C(=CC(C)=O)c2ccc(OC)c(OC3CCc4ccccc43)c2)cc1OC. The van der Waals surface area contributed by atoms with E-state index in [1.807, 2.05) is 42.5 Å². The van der Waals surface area contributed by atoms with Crippen LogP contribution in [0.4, 0.5) is 0 Å². The number of fused-ring (bicyclic) bond motifs is 1. The van der Waals surface area contributed by atoms with Crippen molar-refractivity contribution < 1.29 is 23.7 Å². The fourth-order valence-electron chi connectivity index (χ4n) is 4.27. The number of carbonyl (C=O) groups excluding carboxylic acids is 1. The molecule has 170 valence electrons. The van der Waals surface area contributed by atoms with Crippen molar-refractivity contribution in [1.29, 1.82) is 0 Å². The number of ketones is 1. The van der Waals surface area contributed by atoms with E-state index in [9.17, 15) is 4.79 Å². The molecule has 0 bridgehead atoms. The lowest BCUT2D eigenvalue weighted by molar-refractivity contribution is -0.112. The lowest BCUT2D eigenvalue weighted by atomic mass is 9.96. The molecule has 33 heavy (non-hydrogen) atoms. The summed E-state index contributed by atoms with van der Waals surface area (Å²) in [7, 11) is 4.82. The second kappa shape index (κ2) is 9.82. The topological polar surface area (TPSA) is 54.0 Å². The molecule has 0 N–H and O–H groups in total. The molecular formula is C28H28O5. The van der Waals surface area contributed by atoms with Gasteiger partial charge < -0.3 is 18.9 Å². The maximum absolute atomic E-state index is 12.1. The van der Waals surface area contributed by atoms with Crippen LogP contribution in [-0.4, -0.2) is 27.1 Å². The third-order valence-electron chi connectivity index (χ3n) is 5.86. The molecule has 0 spiro atoms. The van der Waals surface area contributed by atoms with Crippen molar-refractivity contribution in [1.82, 2.24) is 0 Å². The van der Waals surface area contributed by atoms with Gasteiger partial charge in [0.25, 0.3) is 0 Å².